The fourth-order valence-electron chi connectivity index (χ4n) is 3.19. The van der Waals surface area contributed by atoms with E-state index >= 15 is 0 Å². The van der Waals surface area contributed by atoms with Gasteiger partial charge in [-0.3, -0.25) is 9.59 Å². The van der Waals surface area contributed by atoms with Gasteiger partial charge in [0.2, 0.25) is 0 Å². The molecule has 1 aliphatic heterocycles. The minimum Gasteiger partial charge on any atom is -0.375 e. The Labute approximate surface area is 147 Å². The molecule has 4 nitrogen and oxygen atoms in total. The highest BCUT2D eigenvalue weighted by atomic mass is 16.3. The van der Waals surface area contributed by atoms with E-state index in [1.807, 2.05) is 49.4 Å². The summed E-state index contributed by atoms with van der Waals surface area (Å²) >= 11 is 0. The van der Waals surface area contributed by atoms with Crippen molar-refractivity contribution in [3.05, 3.63) is 71.8 Å². The summed E-state index contributed by atoms with van der Waals surface area (Å²) in [4.78, 5) is 26.7. The molecule has 1 amide bonds. The number of hydrogen-bond donors (Lipinski definition) is 1. The largest absolute Gasteiger partial charge is 0.375 e. The molecule has 0 unspecified atom stereocenters. The average molecular weight is 335 g/mol. The number of allylic oxidation sites excluding steroid dienone is 1. The predicted molar refractivity (Wildman–Crippen MR) is 98.1 cm³/mol. The molecule has 2 aromatic rings. The summed E-state index contributed by atoms with van der Waals surface area (Å²) < 4.78 is 0. The van der Waals surface area contributed by atoms with Crippen molar-refractivity contribution in [1.29, 1.82) is 0 Å². The molecule has 0 saturated carbocycles. The molecule has 1 N–H and O–H groups in total. The Morgan fingerprint density at radius 2 is 1.80 bits per heavy atom. The Morgan fingerprint density at radius 3 is 2.52 bits per heavy atom. The van der Waals surface area contributed by atoms with Gasteiger partial charge >= 0.3 is 0 Å². The molecule has 2 aromatic carbocycles. The second kappa shape index (κ2) is 7.03. The number of benzene rings is 2. The fraction of sp³-hybridized carbons (Fsp3) is 0.238. The Hall–Kier alpha value is -2.72. The zero-order chi connectivity index (χ0) is 17.9. The second-order valence-electron chi connectivity index (χ2n) is 6.22. The van der Waals surface area contributed by atoms with Crippen LogP contribution in [0.1, 0.15) is 30.9 Å². The number of rotatable bonds is 6. The normalized spacial score (nSPS) is 19.4. The third-order valence-corrected chi connectivity index (χ3v) is 4.38. The van der Waals surface area contributed by atoms with E-state index < -0.39 is 11.5 Å². The lowest BCUT2D eigenvalue weighted by molar-refractivity contribution is -0.140. The van der Waals surface area contributed by atoms with Crippen LogP contribution < -0.4 is 4.90 Å². The van der Waals surface area contributed by atoms with E-state index in [-0.39, 0.29) is 12.2 Å². The molecule has 0 spiro atoms. The molecule has 4 heteroatoms. The van der Waals surface area contributed by atoms with E-state index in [0.29, 0.717) is 17.8 Å². The van der Waals surface area contributed by atoms with Crippen molar-refractivity contribution in [3.63, 3.8) is 0 Å². The molecule has 0 aliphatic carbocycles. The molecule has 1 aliphatic rings. The molecule has 1 atom stereocenters. The summed E-state index contributed by atoms with van der Waals surface area (Å²) in [6.45, 7) is 2.49. The zero-order valence-corrected chi connectivity index (χ0v) is 14.2. The third kappa shape index (κ3) is 3.26. The van der Waals surface area contributed by atoms with Crippen LogP contribution in [0, 0.1) is 0 Å². The first-order valence-electron chi connectivity index (χ1n) is 8.46. The van der Waals surface area contributed by atoms with E-state index in [0.717, 1.165) is 12.0 Å². The Morgan fingerprint density at radius 1 is 1.12 bits per heavy atom. The SMILES string of the molecule is CCCN1C(=O)[C@](O)(CC(=O)/C=C\c2ccccc2)c2ccccc21. The molecule has 0 bridgehead atoms. The fourth-order valence-corrected chi connectivity index (χ4v) is 3.19. The van der Waals surface area contributed by atoms with Crippen molar-refractivity contribution >= 4 is 23.5 Å². The monoisotopic (exact) mass is 335 g/mol. The zero-order valence-electron chi connectivity index (χ0n) is 14.2. The van der Waals surface area contributed by atoms with Crippen LogP contribution in [0.4, 0.5) is 5.69 Å². The van der Waals surface area contributed by atoms with Crippen LogP contribution in [0.3, 0.4) is 0 Å². The summed E-state index contributed by atoms with van der Waals surface area (Å²) in [5.41, 5.74) is 0.310. The highest BCUT2D eigenvalue weighted by Crippen LogP contribution is 2.42. The number of carbonyl (C=O) groups excluding carboxylic acids is 2. The number of para-hydroxylation sites is 1. The first-order valence-corrected chi connectivity index (χ1v) is 8.46. The first kappa shape index (κ1) is 17.1. The summed E-state index contributed by atoms with van der Waals surface area (Å²) in [7, 11) is 0. The standard InChI is InChI=1S/C21H21NO3/c1-2-14-22-19-11-7-6-10-18(19)21(25,20(22)24)15-17(23)13-12-16-8-4-3-5-9-16/h3-13,25H,2,14-15H2,1H3/b13-12-/t21-/m0/s1. The lowest BCUT2D eigenvalue weighted by Gasteiger charge is -2.22. The average Bonchev–Trinajstić information content (AvgIpc) is 2.83. The number of carbonyl (C=O) groups is 2. The number of hydrogen-bond acceptors (Lipinski definition) is 3. The van der Waals surface area contributed by atoms with Gasteiger partial charge in [0, 0.05) is 12.1 Å². The van der Waals surface area contributed by atoms with E-state index in [1.54, 1.807) is 23.1 Å². The van der Waals surface area contributed by atoms with Crippen molar-refractivity contribution in [3.8, 4) is 0 Å². The first-order chi connectivity index (χ1) is 12.1. The number of nitrogens with zero attached hydrogens (tertiary/aromatic N) is 1. The Kier molecular flexibility index (Phi) is 4.81. The van der Waals surface area contributed by atoms with E-state index in [1.165, 1.54) is 6.08 Å². The van der Waals surface area contributed by atoms with Gasteiger partial charge in [-0.25, -0.2) is 0 Å². The Balaban J connectivity index is 1.84. The van der Waals surface area contributed by atoms with Gasteiger partial charge in [0.25, 0.3) is 5.91 Å². The van der Waals surface area contributed by atoms with Gasteiger partial charge in [0.05, 0.1) is 12.1 Å². The quantitative estimate of drug-likeness (QED) is 0.824. The van der Waals surface area contributed by atoms with E-state index in [4.69, 9.17) is 0 Å². The second-order valence-corrected chi connectivity index (χ2v) is 6.22. The molecule has 3 rings (SSSR count). The molecule has 0 saturated heterocycles. The van der Waals surface area contributed by atoms with Gasteiger partial charge in [-0.05, 0) is 24.1 Å². The Bertz CT molecular complexity index is 813. The van der Waals surface area contributed by atoms with Crippen LogP contribution in [-0.4, -0.2) is 23.3 Å². The van der Waals surface area contributed by atoms with Crippen LogP contribution in [0.15, 0.2) is 60.7 Å². The number of aliphatic hydroxyl groups is 1. The highest BCUT2D eigenvalue weighted by Gasteiger charge is 2.50. The van der Waals surface area contributed by atoms with Crippen LogP contribution >= 0.6 is 0 Å². The lowest BCUT2D eigenvalue weighted by atomic mass is 9.89. The summed E-state index contributed by atoms with van der Waals surface area (Å²) in [6, 6.07) is 16.6. The van der Waals surface area contributed by atoms with Gasteiger partial charge in [-0.2, -0.15) is 0 Å². The molecular weight excluding hydrogens is 314 g/mol. The number of amides is 1. The van der Waals surface area contributed by atoms with Gasteiger partial charge < -0.3 is 10.0 Å². The third-order valence-electron chi connectivity index (χ3n) is 4.38. The lowest BCUT2D eigenvalue weighted by Crippen LogP contribution is -2.41. The molecule has 0 aromatic heterocycles. The number of fused-ring (bicyclic) bond motifs is 1. The minimum atomic E-state index is -1.79. The maximum atomic E-state index is 12.8. The van der Waals surface area contributed by atoms with Crippen molar-refractivity contribution in [2.45, 2.75) is 25.4 Å². The molecule has 128 valence electrons. The maximum absolute atomic E-state index is 12.8. The van der Waals surface area contributed by atoms with Crippen LogP contribution in [0.2, 0.25) is 0 Å². The van der Waals surface area contributed by atoms with Gasteiger partial charge in [0.15, 0.2) is 11.4 Å². The molecule has 0 radical (unpaired) electrons. The van der Waals surface area contributed by atoms with Gasteiger partial charge in [-0.1, -0.05) is 61.5 Å². The minimum absolute atomic E-state index is 0.258. The van der Waals surface area contributed by atoms with Crippen LogP contribution in [0.25, 0.3) is 6.08 Å². The van der Waals surface area contributed by atoms with E-state index in [2.05, 4.69) is 0 Å². The molecular formula is C21H21NO3. The van der Waals surface area contributed by atoms with Crippen LogP contribution in [0.5, 0.6) is 0 Å². The van der Waals surface area contributed by atoms with Crippen molar-refractivity contribution in [1.82, 2.24) is 0 Å². The number of anilines is 1. The predicted octanol–water partition coefficient (Wildman–Crippen LogP) is 3.30. The summed E-state index contributed by atoms with van der Waals surface area (Å²) in [5.74, 6) is -0.704. The topological polar surface area (TPSA) is 57.6 Å². The molecule has 25 heavy (non-hydrogen) atoms. The van der Waals surface area contributed by atoms with Crippen molar-refractivity contribution in [2.75, 3.05) is 11.4 Å². The molecule has 1 heterocycles. The van der Waals surface area contributed by atoms with Gasteiger partial charge in [0.1, 0.15) is 0 Å². The summed E-state index contributed by atoms with van der Waals surface area (Å²) in [6.07, 6.45) is 3.64. The smallest absolute Gasteiger partial charge is 0.264 e. The molecule has 0 fully saturated rings. The highest BCUT2D eigenvalue weighted by molar-refractivity contribution is 6.10. The van der Waals surface area contributed by atoms with E-state index in [9.17, 15) is 14.7 Å². The van der Waals surface area contributed by atoms with Crippen molar-refractivity contribution in [2.24, 2.45) is 0 Å². The summed E-state index contributed by atoms with van der Waals surface area (Å²) in [5, 5.41) is 11.0. The van der Waals surface area contributed by atoms with Crippen molar-refractivity contribution < 1.29 is 14.7 Å². The number of ketones is 1. The van der Waals surface area contributed by atoms with Gasteiger partial charge in [-0.15, -0.1) is 0 Å². The van der Waals surface area contributed by atoms with Crippen LogP contribution in [-0.2, 0) is 15.2 Å². The maximum Gasteiger partial charge on any atom is 0.264 e.